The molecule has 14 heteroatoms. The number of benzene rings is 1. The van der Waals surface area contributed by atoms with Crippen LogP contribution in [0, 0.1) is 0 Å². The fraction of sp³-hybridized carbons (Fsp3) is 0.480. The van der Waals surface area contributed by atoms with Gasteiger partial charge in [-0.1, -0.05) is 24.6 Å². The van der Waals surface area contributed by atoms with E-state index in [9.17, 15) is 19.2 Å². The lowest BCUT2D eigenvalue weighted by Crippen LogP contribution is -2.56. The van der Waals surface area contributed by atoms with Gasteiger partial charge in [0.1, 0.15) is 18.6 Å². The van der Waals surface area contributed by atoms with E-state index in [-0.39, 0.29) is 25.3 Å². The molecule has 0 fully saturated rings. The number of aliphatic imine (C=N–C) groups is 1. The van der Waals surface area contributed by atoms with Crippen molar-refractivity contribution in [3.05, 3.63) is 36.0 Å². The van der Waals surface area contributed by atoms with Crippen LogP contribution in [0.1, 0.15) is 37.7 Å². The second-order valence-electron chi connectivity index (χ2n) is 9.14. The van der Waals surface area contributed by atoms with Crippen LogP contribution in [0.15, 0.2) is 35.5 Å². The van der Waals surface area contributed by atoms with Crippen molar-refractivity contribution in [2.24, 2.45) is 27.9 Å². The van der Waals surface area contributed by atoms with Crippen molar-refractivity contribution >= 4 is 40.6 Å². The number of carbonyl (C=O) groups excluding carboxylic acids is 3. The Hall–Kier alpha value is -4.17. The molecule has 0 bridgehead atoms. The van der Waals surface area contributed by atoms with Crippen LogP contribution in [0.25, 0.3) is 10.9 Å². The number of unbranched alkanes of at least 4 members (excludes halogenated alkanes) is 1. The van der Waals surface area contributed by atoms with Gasteiger partial charge in [0.15, 0.2) is 5.96 Å². The van der Waals surface area contributed by atoms with Gasteiger partial charge in [0.05, 0.1) is 6.04 Å². The first-order chi connectivity index (χ1) is 18.6. The smallest absolute Gasteiger partial charge is 0.322 e. The first-order valence-electron chi connectivity index (χ1n) is 12.8. The number of aromatic amines is 1. The molecule has 3 unspecified atom stereocenters. The zero-order valence-electron chi connectivity index (χ0n) is 21.8. The van der Waals surface area contributed by atoms with Crippen LogP contribution in [0.3, 0.4) is 0 Å². The van der Waals surface area contributed by atoms with Gasteiger partial charge in [-0.05, 0) is 43.9 Å². The number of hydrogen-bond acceptors (Lipinski definition) is 7. The second-order valence-corrected chi connectivity index (χ2v) is 9.14. The van der Waals surface area contributed by atoms with Crippen molar-refractivity contribution in [1.82, 2.24) is 20.9 Å². The maximum absolute atomic E-state index is 13.5. The highest BCUT2D eigenvalue weighted by atomic mass is 16.4. The van der Waals surface area contributed by atoms with Gasteiger partial charge in [-0.15, -0.1) is 0 Å². The van der Waals surface area contributed by atoms with Crippen molar-refractivity contribution in [2.75, 3.05) is 19.6 Å². The monoisotopic (exact) mass is 545 g/mol. The first kappa shape index (κ1) is 31.1. The number of carboxylic acid groups (broad SMARTS) is 1. The van der Waals surface area contributed by atoms with E-state index in [1.54, 1.807) is 6.20 Å². The number of guanidine groups is 1. The normalized spacial score (nSPS) is 13.2. The van der Waals surface area contributed by atoms with E-state index in [0.29, 0.717) is 32.2 Å². The molecule has 0 saturated heterocycles. The number of para-hydroxylation sites is 1. The average molecular weight is 546 g/mol. The molecule has 0 saturated carbocycles. The molecule has 14 nitrogen and oxygen atoms in total. The topological polar surface area (TPSA) is 257 Å². The van der Waals surface area contributed by atoms with Crippen LogP contribution in [-0.4, -0.2) is 77.5 Å². The van der Waals surface area contributed by atoms with E-state index in [1.165, 1.54) is 0 Å². The van der Waals surface area contributed by atoms with Gasteiger partial charge in [-0.2, -0.15) is 0 Å². The Morgan fingerprint density at radius 1 is 0.949 bits per heavy atom. The van der Waals surface area contributed by atoms with Gasteiger partial charge in [0.25, 0.3) is 0 Å². The average Bonchev–Trinajstić information content (AvgIpc) is 3.31. The quantitative estimate of drug-likeness (QED) is 0.0628. The highest BCUT2D eigenvalue weighted by Gasteiger charge is 2.29. The molecule has 1 aromatic carbocycles. The van der Waals surface area contributed by atoms with Crippen molar-refractivity contribution in [2.45, 2.75) is 56.7 Å². The SMILES string of the molecule is NCCCCC(N)C(=O)NC(Cc1c[nH]c2ccccc12)C(=O)NC(CCCN=C(N)N)C(=O)NCC(=O)O. The van der Waals surface area contributed by atoms with Crippen LogP contribution in [-0.2, 0) is 25.6 Å². The zero-order valence-corrected chi connectivity index (χ0v) is 21.8. The summed E-state index contributed by atoms with van der Waals surface area (Å²) in [5, 5.41) is 17.5. The van der Waals surface area contributed by atoms with E-state index in [0.717, 1.165) is 16.5 Å². The number of hydrogen-bond donors (Lipinski definition) is 9. The van der Waals surface area contributed by atoms with E-state index >= 15 is 0 Å². The zero-order chi connectivity index (χ0) is 28.8. The van der Waals surface area contributed by atoms with Crippen LogP contribution < -0.4 is 38.9 Å². The minimum absolute atomic E-state index is 0.116. The lowest BCUT2D eigenvalue weighted by atomic mass is 10.0. The maximum atomic E-state index is 13.5. The minimum atomic E-state index is -1.23. The number of nitrogens with two attached hydrogens (primary N) is 4. The summed E-state index contributed by atoms with van der Waals surface area (Å²) >= 11 is 0. The third-order valence-corrected chi connectivity index (χ3v) is 6.03. The highest BCUT2D eigenvalue weighted by Crippen LogP contribution is 2.19. The van der Waals surface area contributed by atoms with E-state index in [4.69, 9.17) is 28.0 Å². The molecule has 1 aromatic heterocycles. The lowest BCUT2D eigenvalue weighted by molar-refractivity contribution is -0.138. The molecule has 2 aromatic rings. The molecule has 39 heavy (non-hydrogen) atoms. The highest BCUT2D eigenvalue weighted by molar-refractivity contribution is 5.94. The Morgan fingerprint density at radius 2 is 1.67 bits per heavy atom. The summed E-state index contributed by atoms with van der Waals surface area (Å²) in [4.78, 5) is 57.0. The molecule has 0 radical (unpaired) electrons. The van der Waals surface area contributed by atoms with Crippen molar-refractivity contribution in [3.8, 4) is 0 Å². The van der Waals surface area contributed by atoms with Crippen molar-refractivity contribution in [3.63, 3.8) is 0 Å². The lowest BCUT2D eigenvalue weighted by Gasteiger charge is -2.24. The summed E-state index contributed by atoms with van der Waals surface area (Å²) in [5.74, 6) is -3.17. The molecule has 3 amide bonds. The fourth-order valence-electron chi connectivity index (χ4n) is 3.98. The van der Waals surface area contributed by atoms with Crippen LogP contribution >= 0.6 is 0 Å². The van der Waals surface area contributed by atoms with Gasteiger partial charge in [-0.25, -0.2) is 0 Å². The predicted molar refractivity (Wildman–Crippen MR) is 147 cm³/mol. The number of fused-ring (bicyclic) bond motifs is 1. The summed E-state index contributed by atoms with van der Waals surface area (Å²) < 4.78 is 0. The summed E-state index contributed by atoms with van der Waals surface area (Å²) in [6.45, 7) is 0.0643. The molecule has 1 heterocycles. The predicted octanol–water partition coefficient (Wildman–Crippen LogP) is -1.61. The number of aliphatic carboxylic acids is 1. The summed E-state index contributed by atoms with van der Waals surface area (Å²) in [5.41, 5.74) is 23.9. The van der Waals surface area contributed by atoms with Gasteiger partial charge < -0.3 is 49.0 Å². The molecule has 0 aliphatic heterocycles. The molecule has 3 atom stereocenters. The van der Waals surface area contributed by atoms with Crippen molar-refractivity contribution in [1.29, 1.82) is 0 Å². The van der Waals surface area contributed by atoms with Crippen LogP contribution in [0.4, 0.5) is 0 Å². The standard InChI is InChI=1S/C25H39N9O5/c26-10-4-3-7-17(27)22(37)34-20(12-15-13-31-18-8-2-1-6-16(15)18)24(39)33-19(9-5-11-30-25(28)29)23(38)32-14-21(35)36/h1-2,6,8,13,17,19-20,31H,3-5,7,9-12,14,26-27H2,(H,32,38)(H,33,39)(H,34,37)(H,35,36)(H4,28,29,30). The largest absolute Gasteiger partial charge is 0.480 e. The van der Waals surface area contributed by atoms with Crippen molar-refractivity contribution < 1.29 is 24.3 Å². The van der Waals surface area contributed by atoms with E-state index in [2.05, 4.69) is 25.9 Å². The maximum Gasteiger partial charge on any atom is 0.322 e. The molecule has 0 aliphatic rings. The van der Waals surface area contributed by atoms with E-state index in [1.807, 2.05) is 24.3 Å². The summed E-state index contributed by atoms with van der Waals surface area (Å²) in [6.07, 6.45) is 4.10. The fourth-order valence-corrected chi connectivity index (χ4v) is 3.98. The van der Waals surface area contributed by atoms with Gasteiger partial charge in [-0.3, -0.25) is 24.2 Å². The van der Waals surface area contributed by atoms with E-state index < -0.39 is 48.4 Å². The number of aromatic nitrogens is 1. The van der Waals surface area contributed by atoms with Gasteiger partial charge in [0, 0.05) is 30.1 Å². The number of nitrogens with zero attached hydrogens (tertiary/aromatic N) is 1. The summed E-state index contributed by atoms with van der Waals surface area (Å²) in [6, 6.07) is 4.51. The number of H-pyrrole nitrogens is 1. The molecule has 214 valence electrons. The van der Waals surface area contributed by atoms with Crippen LogP contribution in [0.2, 0.25) is 0 Å². The first-order valence-corrected chi connectivity index (χ1v) is 12.8. The molecule has 0 aliphatic carbocycles. The van der Waals surface area contributed by atoms with Gasteiger partial charge in [0.2, 0.25) is 17.7 Å². The summed E-state index contributed by atoms with van der Waals surface area (Å²) in [7, 11) is 0. The number of nitrogens with one attached hydrogen (secondary N) is 4. The number of amides is 3. The Kier molecular flexibility index (Phi) is 12.7. The molecule has 13 N–H and O–H groups in total. The van der Waals surface area contributed by atoms with Gasteiger partial charge >= 0.3 is 5.97 Å². The molecule has 2 rings (SSSR count). The number of carbonyl (C=O) groups is 4. The third kappa shape index (κ3) is 10.6. The Morgan fingerprint density at radius 3 is 2.36 bits per heavy atom. The number of rotatable bonds is 17. The number of carboxylic acids is 1. The molecular weight excluding hydrogens is 506 g/mol. The molecular formula is C25H39N9O5. The Bertz CT molecular complexity index is 1150. The Labute approximate surface area is 226 Å². The Balaban J connectivity index is 2.23. The molecule has 0 spiro atoms. The second kappa shape index (κ2) is 15.9. The third-order valence-electron chi connectivity index (χ3n) is 6.03. The van der Waals surface area contributed by atoms with Crippen LogP contribution in [0.5, 0.6) is 0 Å². The minimum Gasteiger partial charge on any atom is -0.480 e.